The molecule has 0 amide bonds. The molecule has 43 heavy (non-hydrogen) atoms. The van der Waals surface area contributed by atoms with E-state index in [1.54, 1.807) is 13.0 Å². The molecule has 1 heteroatoms. The Labute approximate surface area is 252 Å². The second kappa shape index (κ2) is 11.0. The molecule has 0 saturated heterocycles. The Bertz CT molecular complexity index is 2160. The highest BCUT2D eigenvalue weighted by atomic mass is 14.4. The smallest absolute Gasteiger partial charge is 0.0283 e. The van der Waals surface area contributed by atoms with Crippen LogP contribution in [-0.4, -0.2) is 5.71 Å². The summed E-state index contributed by atoms with van der Waals surface area (Å²) < 4.78 is 0. The summed E-state index contributed by atoms with van der Waals surface area (Å²) in [5.74, 6) is 0. The molecule has 0 unspecified atom stereocenters. The molecule has 0 saturated carbocycles. The highest BCUT2D eigenvalue weighted by Gasteiger charge is 2.16. The van der Waals surface area contributed by atoms with Gasteiger partial charge >= 0.3 is 0 Å². The van der Waals surface area contributed by atoms with Gasteiger partial charge in [0.2, 0.25) is 0 Å². The number of rotatable bonds is 6. The minimum atomic E-state index is 0.512. The summed E-state index contributed by atoms with van der Waals surface area (Å²) in [4.78, 5) is 0. The van der Waals surface area contributed by atoms with Crippen molar-refractivity contribution in [1.29, 1.82) is 5.41 Å². The van der Waals surface area contributed by atoms with Crippen LogP contribution in [0.25, 0.3) is 71.3 Å². The third-order valence-corrected chi connectivity index (χ3v) is 8.22. The van der Waals surface area contributed by atoms with Crippen LogP contribution in [0.2, 0.25) is 0 Å². The van der Waals surface area contributed by atoms with Gasteiger partial charge in [-0.15, -0.1) is 0 Å². The molecule has 0 bridgehead atoms. The van der Waals surface area contributed by atoms with E-state index in [2.05, 4.69) is 146 Å². The fourth-order valence-electron chi connectivity index (χ4n) is 6.16. The molecule has 0 fully saturated rings. The Kier molecular flexibility index (Phi) is 6.77. The maximum atomic E-state index is 7.69. The van der Waals surface area contributed by atoms with Gasteiger partial charge in [-0.05, 0) is 108 Å². The number of fused-ring (bicyclic) bond motifs is 3. The standard InChI is InChI=1S/C42H31N/c1-28(19-20-29(2)43)32-13-10-14-33(25-32)34-23-21-30-22-24-35(27-36(30)26-34)42-39-17-8-6-15-37(39)41(31-11-4-3-5-12-31)38-16-7-9-18-40(38)42/h3-27,43H,1H2,2H3/b20-19-,43-29?. The van der Waals surface area contributed by atoms with Crippen LogP contribution in [0.3, 0.4) is 0 Å². The van der Waals surface area contributed by atoms with E-state index in [0.29, 0.717) is 5.71 Å². The SMILES string of the molecule is C=C(/C=C\C(C)=N)c1cccc(-c2ccc3ccc(-c4c5ccccc5c(-c5ccccc5)c5ccccc45)cc3c2)c1. The summed E-state index contributed by atoms with van der Waals surface area (Å²) >= 11 is 0. The minimum Gasteiger partial charge on any atom is -0.306 e. The maximum absolute atomic E-state index is 7.69. The van der Waals surface area contributed by atoms with Crippen molar-refractivity contribution in [2.75, 3.05) is 0 Å². The van der Waals surface area contributed by atoms with Gasteiger partial charge in [-0.3, -0.25) is 0 Å². The van der Waals surface area contributed by atoms with Gasteiger partial charge in [0.1, 0.15) is 0 Å². The van der Waals surface area contributed by atoms with Gasteiger partial charge in [-0.2, -0.15) is 0 Å². The van der Waals surface area contributed by atoms with Gasteiger partial charge in [-0.1, -0.05) is 134 Å². The zero-order valence-corrected chi connectivity index (χ0v) is 24.1. The Hall–Kier alpha value is -5.53. The number of nitrogens with one attached hydrogen (secondary N) is 1. The Morgan fingerprint density at radius 1 is 0.488 bits per heavy atom. The van der Waals surface area contributed by atoms with E-state index in [4.69, 9.17) is 5.41 Å². The van der Waals surface area contributed by atoms with Gasteiger partial charge in [0, 0.05) is 5.71 Å². The lowest BCUT2D eigenvalue weighted by Crippen LogP contribution is -1.91. The topological polar surface area (TPSA) is 23.9 Å². The van der Waals surface area contributed by atoms with Crippen LogP contribution < -0.4 is 0 Å². The molecule has 7 aromatic carbocycles. The van der Waals surface area contributed by atoms with Crippen molar-refractivity contribution < 1.29 is 0 Å². The first-order chi connectivity index (χ1) is 21.1. The van der Waals surface area contributed by atoms with Gasteiger partial charge in [0.25, 0.3) is 0 Å². The first kappa shape index (κ1) is 26.4. The molecule has 0 heterocycles. The third-order valence-electron chi connectivity index (χ3n) is 8.22. The van der Waals surface area contributed by atoms with Crippen molar-refractivity contribution in [1.82, 2.24) is 0 Å². The molecule has 0 aliphatic rings. The van der Waals surface area contributed by atoms with Crippen LogP contribution in [-0.2, 0) is 0 Å². The summed E-state index contributed by atoms with van der Waals surface area (Å²) in [6, 6.07) is 50.4. The average Bonchev–Trinajstić information content (AvgIpc) is 3.06. The van der Waals surface area contributed by atoms with Crippen molar-refractivity contribution in [3.63, 3.8) is 0 Å². The number of allylic oxidation sites excluding steroid dienone is 3. The van der Waals surface area contributed by atoms with Crippen molar-refractivity contribution >= 4 is 43.6 Å². The summed E-state index contributed by atoms with van der Waals surface area (Å²) in [6.45, 7) is 5.99. The van der Waals surface area contributed by atoms with Crippen molar-refractivity contribution in [3.8, 4) is 33.4 Å². The van der Waals surface area contributed by atoms with E-state index in [1.165, 1.54) is 60.1 Å². The second-order valence-electron chi connectivity index (χ2n) is 11.1. The zero-order chi connectivity index (χ0) is 29.3. The van der Waals surface area contributed by atoms with Crippen LogP contribution in [0.15, 0.2) is 158 Å². The second-order valence-corrected chi connectivity index (χ2v) is 11.1. The zero-order valence-electron chi connectivity index (χ0n) is 24.1. The van der Waals surface area contributed by atoms with E-state index in [0.717, 1.165) is 16.7 Å². The fourth-order valence-corrected chi connectivity index (χ4v) is 6.16. The Balaban J connectivity index is 1.40. The van der Waals surface area contributed by atoms with E-state index < -0.39 is 0 Å². The molecule has 0 radical (unpaired) electrons. The quantitative estimate of drug-likeness (QED) is 0.121. The Morgan fingerprint density at radius 2 is 1.00 bits per heavy atom. The van der Waals surface area contributed by atoms with Gasteiger partial charge in [0.05, 0.1) is 0 Å². The molecule has 0 aromatic heterocycles. The van der Waals surface area contributed by atoms with Crippen LogP contribution >= 0.6 is 0 Å². The van der Waals surface area contributed by atoms with E-state index in [9.17, 15) is 0 Å². The third kappa shape index (κ3) is 4.96. The maximum Gasteiger partial charge on any atom is 0.0283 e. The molecule has 7 aromatic rings. The molecular weight excluding hydrogens is 518 g/mol. The van der Waals surface area contributed by atoms with Crippen LogP contribution in [0.1, 0.15) is 12.5 Å². The molecule has 1 N–H and O–H groups in total. The molecule has 0 aliphatic heterocycles. The summed E-state index contributed by atoms with van der Waals surface area (Å²) in [5, 5.41) is 15.2. The van der Waals surface area contributed by atoms with Crippen LogP contribution in [0, 0.1) is 5.41 Å². The van der Waals surface area contributed by atoms with Gasteiger partial charge in [-0.25, -0.2) is 0 Å². The predicted octanol–water partition coefficient (Wildman–Crippen LogP) is 11.8. The summed E-state index contributed by atoms with van der Waals surface area (Å²) in [5.41, 5.74) is 9.78. The van der Waals surface area contributed by atoms with Crippen LogP contribution in [0.5, 0.6) is 0 Å². The molecule has 0 spiro atoms. The lowest BCUT2D eigenvalue weighted by atomic mass is 9.85. The van der Waals surface area contributed by atoms with Gasteiger partial charge in [0.15, 0.2) is 0 Å². The molecule has 1 nitrogen and oxygen atoms in total. The summed E-state index contributed by atoms with van der Waals surface area (Å²) in [7, 11) is 0. The normalized spacial score (nSPS) is 11.5. The molecule has 0 aliphatic carbocycles. The minimum absolute atomic E-state index is 0.512. The first-order valence-electron chi connectivity index (χ1n) is 14.6. The van der Waals surface area contributed by atoms with Crippen molar-refractivity contribution in [3.05, 3.63) is 164 Å². The van der Waals surface area contributed by atoms with E-state index in [-0.39, 0.29) is 0 Å². The van der Waals surface area contributed by atoms with E-state index in [1.807, 2.05) is 6.08 Å². The first-order valence-corrected chi connectivity index (χ1v) is 14.6. The van der Waals surface area contributed by atoms with E-state index >= 15 is 0 Å². The van der Waals surface area contributed by atoms with Crippen LogP contribution in [0.4, 0.5) is 0 Å². The molecular formula is C42H31N. The fraction of sp³-hybridized carbons (Fsp3) is 0.0238. The predicted molar refractivity (Wildman–Crippen MR) is 187 cm³/mol. The lowest BCUT2D eigenvalue weighted by molar-refractivity contribution is 1.50. The van der Waals surface area contributed by atoms with Gasteiger partial charge < -0.3 is 5.41 Å². The molecule has 204 valence electrons. The number of benzene rings is 7. The summed E-state index contributed by atoms with van der Waals surface area (Å²) in [6.07, 6.45) is 3.69. The highest BCUT2D eigenvalue weighted by molar-refractivity contribution is 6.21. The number of hydrogen-bond donors (Lipinski definition) is 1. The average molecular weight is 550 g/mol. The lowest BCUT2D eigenvalue weighted by Gasteiger charge is -2.18. The monoisotopic (exact) mass is 549 g/mol. The molecule has 7 rings (SSSR count). The molecule has 0 atom stereocenters. The van der Waals surface area contributed by atoms with Crippen molar-refractivity contribution in [2.45, 2.75) is 6.92 Å². The highest BCUT2D eigenvalue weighted by Crippen LogP contribution is 2.44. The number of hydrogen-bond acceptors (Lipinski definition) is 1. The largest absolute Gasteiger partial charge is 0.306 e. The Morgan fingerprint density at radius 3 is 1.63 bits per heavy atom. The van der Waals surface area contributed by atoms with Crippen molar-refractivity contribution in [2.24, 2.45) is 0 Å².